The van der Waals surface area contributed by atoms with Gasteiger partial charge in [0.05, 0.1) is 22.0 Å². The quantitative estimate of drug-likeness (QED) is 0.196. The molecular weight excluding hydrogens is 466 g/mol. The van der Waals surface area contributed by atoms with Crippen molar-refractivity contribution in [1.82, 2.24) is 4.90 Å². The third-order valence-electron chi connectivity index (χ3n) is 4.52. The molecule has 33 heavy (non-hydrogen) atoms. The summed E-state index contributed by atoms with van der Waals surface area (Å²) in [7, 11) is 0. The van der Waals surface area contributed by atoms with E-state index < -0.39 is 10.9 Å². The molecule has 1 N–H and O–H groups in total. The highest BCUT2D eigenvalue weighted by atomic mass is 32.2. The summed E-state index contributed by atoms with van der Waals surface area (Å²) in [6.07, 6.45) is 1.63. The van der Waals surface area contributed by atoms with Gasteiger partial charge in [-0.3, -0.25) is 24.6 Å². The topological polar surface area (TPSA) is 119 Å². The monoisotopic (exact) mass is 485 g/mol. The van der Waals surface area contributed by atoms with E-state index in [1.807, 2.05) is 0 Å². The second kappa shape index (κ2) is 10.8. The van der Waals surface area contributed by atoms with E-state index in [4.69, 9.17) is 17.0 Å². The number of nitrogens with zero attached hydrogens (tertiary/aromatic N) is 2. The van der Waals surface area contributed by atoms with Gasteiger partial charge in [0.2, 0.25) is 5.91 Å². The van der Waals surface area contributed by atoms with E-state index in [1.54, 1.807) is 49.4 Å². The fraction of sp³-hybridized carbons (Fsp3) is 0.182. The number of ether oxygens (including phenoxy) is 1. The largest absolute Gasteiger partial charge is 0.462 e. The van der Waals surface area contributed by atoms with Crippen molar-refractivity contribution in [2.24, 2.45) is 0 Å². The summed E-state index contributed by atoms with van der Waals surface area (Å²) in [6, 6.07) is 12.1. The van der Waals surface area contributed by atoms with Crippen LogP contribution >= 0.6 is 24.0 Å². The molecule has 1 aliphatic rings. The van der Waals surface area contributed by atoms with E-state index >= 15 is 0 Å². The lowest BCUT2D eigenvalue weighted by Gasteiger charge is -2.14. The third-order valence-corrected chi connectivity index (χ3v) is 5.90. The van der Waals surface area contributed by atoms with Gasteiger partial charge in [0.25, 0.3) is 11.6 Å². The second-order valence-corrected chi connectivity index (χ2v) is 8.45. The SMILES string of the molecule is CCOC(=O)c1ccc(NC(=O)CCN2C(=O)/C(=C/c3ccc([N+](=O)[O-])cc3)SC2=S)cc1. The number of carbonyl (C=O) groups is 3. The molecule has 0 saturated carbocycles. The second-order valence-electron chi connectivity index (χ2n) is 6.78. The number of anilines is 1. The van der Waals surface area contributed by atoms with Gasteiger partial charge in [-0.05, 0) is 55.0 Å². The van der Waals surface area contributed by atoms with Crippen LogP contribution in [0.3, 0.4) is 0 Å². The molecule has 3 rings (SSSR count). The summed E-state index contributed by atoms with van der Waals surface area (Å²) >= 11 is 6.38. The molecule has 0 unspecified atom stereocenters. The molecule has 1 saturated heterocycles. The van der Waals surface area contributed by atoms with E-state index in [0.29, 0.717) is 26.0 Å². The number of esters is 1. The summed E-state index contributed by atoms with van der Waals surface area (Å²) in [5.74, 6) is -1.08. The fourth-order valence-electron chi connectivity index (χ4n) is 2.88. The minimum Gasteiger partial charge on any atom is -0.462 e. The number of thiocarbonyl (C=S) groups is 1. The Kier molecular flexibility index (Phi) is 7.91. The number of non-ortho nitro benzene ring substituents is 1. The molecular formula is C22H19N3O6S2. The van der Waals surface area contributed by atoms with E-state index in [-0.39, 0.29) is 37.1 Å². The minimum absolute atomic E-state index is 0.0247. The van der Waals surface area contributed by atoms with Gasteiger partial charge in [-0.15, -0.1) is 0 Å². The van der Waals surface area contributed by atoms with Crippen LogP contribution in [0.1, 0.15) is 29.3 Å². The van der Waals surface area contributed by atoms with Crippen molar-refractivity contribution in [3.05, 3.63) is 74.7 Å². The lowest BCUT2D eigenvalue weighted by atomic mass is 10.2. The van der Waals surface area contributed by atoms with Crippen LogP contribution in [0.5, 0.6) is 0 Å². The Bertz CT molecular complexity index is 1130. The first-order valence-electron chi connectivity index (χ1n) is 9.85. The lowest BCUT2D eigenvalue weighted by molar-refractivity contribution is -0.384. The highest BCUT2D eigenvalue weighted by Gasteiger charge is 2.32. The lowest BCUT2D eigenvalue weighted by Crippen LogP contribution is -2.31. The van der Waals surface area contributed by atoms with Crippen molar-refractivity contribution in [3.63, 3.8) is 0 Å². The minimum atomic E-state index is -0.497. The van der Waals surface area contributed by atoms with Gasteiger partial charge in [-0.1, -0.05) is 24.0 Å². The van der Waals surface area contributed by atoms with Gasteiger partial charge in [0.15, 0.2) is 0 Å². The van der Waals surface area contributed by atoms with Crippen molar-refractivity contribution in [3.8, 4) is 0 Å². The molecule has 2 aromatic carbocycles. The summed E-state index contributed by atoms with van der Waals surface area (Å²) in [5.41, 5.74) is 1.48. The molecule has 0 radical (unpaired) electrons. The number of hydrogen-bond acceptors (Lipinski definition) is 8. The van der Waals surface area contributed by atoms with Crippen molar-refractivity contribution in [1.29, 1.82) is 0 Å². The van der Waals surface area contributed by atoms with Crippen molar-refractivity contribution >= 4 is 63.5 Å². The van der Waals surface area contributed by atoms with Crippen LogP contribution in [-0.4, -0.2) is 45.1 Å². The van der Waals surface area contributed by atoms with Crippen LogP contribution < -0.4 is 5.32 Å². The number of rotatable bonds is 8. The van der Waals surface area contributed by atoms with Gasteiger partial charge in [-0.25, -0.2) is 4.79 Å². The number of thioether (sulfide) groups is 1. The standard InChI is InChI=1S/C22H19N3O6S2/c1-2-31-21(28)15-5-7-16(8-6-15)23-19(26)11-12-24-20(27)18(33-22(24)32)13-14-3-9-17(10-4-14)25(29)30/h3-10,13H,2,11-12H2,1H3,(H,23,26)/b18-13-. The van der Waals surface area contributed by atoms with Gasteiger partial charge >= 0.3 is 5.97 Å². The van der Waals surface area contributed by atoms with Crippen LogP contribution in [0.2, 0.25) is 0 Å². The Hall–Kier alpha value is -3.57. The number of nitro benzene ring substituents is 1. The Balaban J connectivity index is 1.56. The smallest absolute Gasteiger partial charge is 0.338 e. The maximum atomic E-state index is 12.7. The summed E-state index contributed by atoms with van der Waals surface area (Å²) in [5, 5.41) is 13.5. The Morgan fingerprint density at radius 2 is 1.85 bits per heavy atom. The van der Waals surface area contributed by atoms with Crippen LogP contribution in [0.15, 0.2) is 53.4 Å². The zero-order valence-electron chi connectivity index (χ0n) is 17.5. The number of hydrogen-bond donors (Lipinski definition) is 1. The number of nitro groups is 1. The van der Waals surface area contributed by atoms with Crippen LogP contribution in [0.25, 0.3) is 6.08 Å². The van der Waals surface area contributed by atoms with Gasteiger partial charge in [-0.2, -0.15) is 0 Å². The first-order chi connectivity index (χ1) is 15.8. The van der Waals surface area contributed by atoms with Crippen LogP contribution in [0, 0.1) is 10.1 Å². The van der Waals surface area contributed by atoms with Crippen LogP contribution in [0.4, 0.5) is 11.4 Å². The van der Waals surface area contributed by atoms with E-state index in [9.17, 15) is 24.5 Å². The maximum absolute atomic E-state index is 12.7. The van der Waals surface area contributed by atoms with E-state index in [2.05, 4.69) is 5.32 Å². The molecule has 11 heteroatoms. The molecule has 9 nitrogen and oxygen atoms in total. The normalized spacial score (nSPS) is 14.5. The number of nitrogens with one attached hydrogen (secondary N) is 1. The fourth-order valence-corrected chi connectivity index (χ4v) is 4.19. The molecule has 0 aromatic heterocycles. The average Bonchev–Trinajstić information content (AvgIpc) is 3.05. The highest BCUT2D eigenvalue weighted by molar-refractivity contribution is 8.26. The predicted molar refractivity (Wildman–Crippen MR) is 129 cm³/mol. The number of benzene rings is 2. The third kappa shape index (κ3) is 6.24. The van der Waals surface area contributed by atoms with Crippen molar-refractivity contribution in [2.75, 3.05) is 18.5 Å². The highest BCUT2D eigenvalue weighted by Crippen LogP contribution is 2.32. The van der Waals surface area contributed by atoms with Crippen molar-refractivity contribution in [2.45, 2.75) is 13.3 Å². The Morgan fingerprint density at radius 3 is 2.45 bits per heavy atom. The van der Waals surface area contributed by atoms with Crippen LogP contribution in [-0.2, 0) is 14.3 Å². The Labute approximate surface area is 198 Å². The number of amides is 2. The molecule has 2 aromatic rings. The van der Waals surface area contributed by atoms with Gasteiger partial charge in [0, 0.05) is 30.8 Å². The van der Waals surface area contributed by atoms with Gasteiger partial charge < -0.3 is 10.1 Å². The molecule has 1 heterocycles. The first kappa shape index (κ1) is 24.1. The first-order valence-corrected chi connectivity index (χ1v) is 11.1. The number of carbonyl (C=O) groups excluding carboxylic acids is 3. The molecule has 0 atom stereocenters. The zero-order valence-corrected chi connectivity index (χ0v) is 19.1. The predicted octanol–water partition coefficient (Wildman–Crippen LogP) is 4.00. The Morgan fingerprint density at radius 1 is 1.18 bits per heavy atom. The molecule has 1 fully saturated rings. The molecule has 2 amide bonds. The van der Waals surface area contributed by atoms with Gasteiger partial charge in [0.1, 0.15) is 4.32 Å². The summed E-state index contributed by atoms with van der Waals surface area (Å²) < 4.78 is 5.25. The maximum Gasteiger partial charge on any atom is 0.338 e. The summed E-state index contributed by atoms with van der Waals surface area (Å²) in [6.45, 7) is 2.10. The molecule has 0 spiro atoms. The molecule has 0 bridgehead atoms. The molecule has 170 valence electrons. The molecule has 1 aliphatic heterocycles. The molecule has 0 aliphatic carbocycles. The van der Waals surface area contributed by atoms with E-state index in [1.165, 1.54) is 17.0 Å². The van der Waals surface area contributed by atoms with Crippen molar-refractivity contribution < 1.29 is 24.0 Å². The average molecular weight is 486 g/mol. The van der Waals surface area contributed by atoms with E-state index in [0.717, 1.165) is 11.8 Å². The zero-order chi connectivity index (χ0) is 24.0. The summed E-state index contributed by atoms with van der Waals surface area (Å²) in [4.78, 5) is 48.7.